The molecule has 1 atom stereocenters. The van der Waals surface area contributed by atoms with Crippen LogP contribution in [0, 0.1) is 4.64 Å². The maximum absolute atomic E-state index is 10.1. The average Bonchev–Trinajstić information content (AvgIpc) is 2.99. The summed E-state index contributed by atoms with van der Waals surface area (Å²) in [6.45, 7) is 0. The fraction of sp³-hybridized carbons (Fsp3) is 0.333. The van der Waals surface area contributed by atoms with Crippen molar-refractivity contribution in [1.82, 2.24) is 25.3 Å². The minimum atomic E-state index is -0.741. The Bertz CT molecular complexity index is 633. The largest absolute Gasteiger partial charge is 0.480 e. The van der Waals surface area contributed by atoms with Crippen molar-refractivity contribution in [3.63, 3.8) is 0 Å². The van der Waals surface area contributed by atoms with E-state index in [0.29, 0.717) is 21.6 Å². The van der Waals surface area contributed by atoms with Gasteiger partial charge >= 0.3 is 5.97 Å². The summed E-state index contributed by atoms with van der Waals surface area (Å²) in [7, 11) is 0. The number of hydrogen-bond acceptors (Lipinski definition) is 7. The summed E-state index contributed by atoms with van der Waals surface area (Å²) in [6, 6.07) is -0.306. The molecule has 19 heavy (non-hydrogen) atoms. The number of imidazole rings is 1. The molecule has 10 heteroatoms. The highest BCUT2D eigenvalue weighted by Crippen LogP contribution is 2.08. The number of hydrogen-bond donors (Lipinski definition) is 5. The van der Waals surface area contributed by atoms with Crippen LogP contribution < -0.4 is 11.1 Å². The summed E-state index contributed by atoms with van der Waals surface area (Å²) >= 11 is 6.57. The van der Waals surface area contributed by atoms with Gasteiger partial charge in [0.2, 0.25) is 5.95 Å². The van der Waals surface area contributed by atoms with E-state index in [1.54, 1.807) is 11.8 Å². The van der Waals surface area contributed by atoms with Gasteiger partial charge < -0.3 is 20.8 Å². The molecular weight excluding hydrogens is 288 g/mol. The van der Waals surface area contributed by atoms with Crippen molar-refractivity contribution >= 4 is 47.1 Å². The Morgan fingerprint density at radius 1 is 1.63 bits per heavy atom. The Hall–Kier alpha value is -1.65. The zero-order chi connectivity index (χ0) is 13.8. The zero-order valence-corrected chi connectivity index (χ0v) is 11.3. The molecule has 0 amide bonds. The lowest BCUT2D eigenvalue weighted by Gasteiger charge is -1.98. The maximum Gasteiger partial charge on any atom is 0.321 e. The highest BCUT2D eigenvalue weighted by molar-refractivity contribution is 7.99. The number of fused-ring (bicyclic) bond motifs is 1. The third kappa shape index (κ3) is 3.43. The Balaban J connectivity index is 0.000000148. The number of aromatic amines is 2. The quantitative estimate of drug-likeness (QED) is 0.476. The maximum atomic E-state index is 10.1. The second kappa shape index (κ2) is 5.99. The van der Waals surface area contributed by atoms with Crippen LogP contribution in [-0.4, -0.2) is 48.7 Å². The number of carbonyl (C=O) groups is 1. The first-order valence-corrected chi connectivity index (χ1v) is 6.87. The second-order valence-electron chi connectivity index (χ2n) is 3.66. The van der Waals surface area contributed by atoms with Gasteiger partial charge in [0.25, 0.3) is 0 Å². The van der Waals surface area contributed by atoms with Crippen molar-refractivity contribution in [3.05, 3.63) is 11.0 Å². The minimum Gasteiger partial charge on any atom is -0.480 e. The van der Waals surface area contributed by atoms with Gasteiger partial charge in [0.1, 0.15) is 16.2 Å². The van der Waals surface area contributed by atoms with Gasteiger partial charge in [0.15, 0.2) is 5.65 Å². The van der Waals surface area contributed by atoms with Crippen LogP contribution >= 0.6 is 24.0 Å². The lowest BCUT2D eigenvalue weighted by molar-refractivity contribution is -0.138. The molecule has 1 unspecified atom stereocenters. The van der Waals surface area contributed by atoms with E-state index in [0.717, 1.165) is 5.88 Å². The molecule has 3 heterocycles. The molecule has 0 spiro atoms. The topological polar surface area (TPSA) is 133 Å². The lowest BCUT2D eigenvalue weighted by atomic mass is 10.4. The van der Waals surface area contributed by atoms with E-state index in [9.17, 15) is 4.79 Å². The van der Waals surface area contributed by atoms with Crippen LogP contribution in [0.4, 0.5) is 5.95 Å². The number of aliphatic carboxylic acids is 1. The van der Waals surface area contributed by atoms with Gasteiger partial charge in [0, 0.05) is 11.6 Å². The van der Waals surface area contributed by atoms with Crippen molar-refractivity contribution in [2.45, 2.75) is 6.04 Å². The fourth-order valence-corrected chi connectivity index (χ4v) is 2.60. The molecule has 102 valence electrons. The fourth-order valence-electron chi connectivity index (χ4n) is 1.41. The van der Waals surface area contributed by atoms with Gasteiger partial charge in [-0.25, -0.2) is 4.98 Å². The first-order valence-electron chi connectivity index (χ1n) is 5.30. The number of nitrogens with two attached hydrogens (primary N) is 1. The molecule has 0 bridgehead atoms. The predicted octanol–water partition coefficient (Wildman–Crippen LogP) is 0.331. The van der Waals surface area contributed by atoms with Crippen molar-refractivity contribution in [2.75, 3.05) is 17.4 Å². The van der Waals surface area contributed by atoms with Gasteiger partial charge in [-0.3, -0.25) is 10.1 Å². The first-order chi connectivity index (χ1) is 9.08. The number of nitrogens with zero attached hydrogens (tertiary/aromatic N) is 2. The number of carboxylic acids is 1. The van der Waals surface area contributed by atoms with Gasteiger partial charge in [-0.05, 0) is 0 Å². The highest BCUT2D eigenvalue weighted by atomic mass is 32.2. The lowest BCUT2D eigenvalue weighted by Crippen LogP contribution is -2.32. The monoisotopic (exact) mass is 300 g/mol. The Labute approximate surface area is 117 Å². The van der Waals surface area contributed by atoms with E-state index in [-0.39, 0.29) is 12.0 Å². The summed E-state index contributed by atoms with van der Waals surface area (Å²) in [6.07, 6.45) is 1.53. The van der Waals surface area contributed by atoms with Crippen molar-refractivity contribution in [3.8, 4) is 0 Å². The highest BCUT2D eigenvalue weighted by Gasteiger charge is 2.20. The number of H-pyrrole nitrogens is 2. The van der Waals surface area contributed by atoms with Crippen molar-refractivity contribution < 1.29 is 9.90 Å². The molecule has 2 aromatic heterocycles. The second-order valence-corrected chi connectivity index (χ2v) is 5.10. The number of anilines is 1. The molecule has 1 saturated heterocycles. The molecule has 1 aliphatic heterocycles. The van der Waals surface area contributed by atoms with Crippen LogP contribution in [0.3, 0.4) is 0 Å². The first kappa shape index (κ1) is 13.8. The number of carboxylic acid groups (broad SMARTS) is 1. The van der Waals surface area contributed by atoms with Crippen LogP contribution in [-0.2, 0) is 4.79 Å². The number of rotatable bonds is 1. The third-order valence-electron chi connectivity index (χ3n) is 2.33. The normalized spacial score (nSPS) is 18.0. The third-order valence-corrected chi connectivity index (χ3v) is 3.57. The van der Waals surface area contributed by atoms with E-state index < -0.39 is 5.97 Å². The molecule has 6 N–H and O–H groups in total. The van der Waals surface area contributed by atoms with Gasteiger partial charge in [0.05, 0.1) is 6.33 Å². The molecule has 3 rings (SSSR count). The van der Waals surface area contributed by atoms with Crippen molar-refractivity contribution in [1.29, 1.82) is 0 Å². The number of aromatic nitrogens is 4. The van der Waals surface area contributed by atoms with E-state index in [1.165, 1.54) is 6.33 Å². The molecule has 8 nitrogen and oxygen atoms in total. The summed E-state index contributed by atoms with van der Waals surface area (Å²) in [5.41, 5.74) is 6.66. The standard InChI is InChI=1S/C5H5N5S.C4H7NO2S/c6-5-9-3-2(4(11)10-5)7-1-8-3;6-4(7)3-1-8-2-5-3/h1H,(H4,6,7,8,9,10,11);3,5H,1-2H2,(H,6,7). The average molecular weight is 300 g/mol. The van der Waals surface area contributed by atoms with Crippen LogP contribution in [0.2, 0.25) is 0 Å². The number of nitrogens with one attached hydrogen (secondary N) is 3. The Morgan fingerprint density at radius 2 is 2.42 bits per heavy atom. The molecule has 1 aliphatic rings. The SMILES string of the molecule is Nc1nc2nc[nH]c2c(=S)[nH]1.O=C(O)C1CSCN1. The summed E-state index contributed by atoms with van der Waals surface area (Å²) in [4.78, 5) is 23.5. The van der Waals surface area contributed by atoms with Crippen LogP contribution in [0.5, 0.6) is 0 Å². The molecule has 0 aromatic carbocycles. The number of thioether (sulfide) groups is 1. The van der Waals surface area contributed by atoms with E-state index in [1.807, 2.05) is 0 Å². The van der Waals surface area contributed by atoms with Crippen molar-refractivity contribution in [2.24, 2.45) is 0 Å². The molecule has 2 aromatic rings. The molecule has 1 fully saturated rings. The Morgan fingerprint density at radius 3 is 3.00 bits per heavy atom. The summed E-state index contributed by atoms with van der Waals surface area (Å²) in [5.74, 6) is 1.02. The van der Waals surface area contributed by atoms with Gasteiger partial charge in [-0.2, -0.15) is 4.98 Å². The minimum absolute atomic E-state index is 0.287. The Kier molecular flexibility index (Phi) is 4.35. The van der Waals surface area contributed by atoms with Gasteiger partial charge in [-0.1, -0.05) is 12.2 Å². The molecule has 0 saturated carbocycles. The smallest absolute Gasteiger partial charge is 0.321 e. The molecular formula is C9H12N6O2S2. The van der Waals surface area contributed by atoms with Crippen LogP contribution in [0.25, 0.3) is 11.2 Å². The van der Waals surface area contributed by atoms with Crippen LogP contribution in [0.1, 0.15) is 0 Å². The van der Waals surface area contributed by atoms with E-state index >= 15 is 0 Å². The van der Waals surface area contributed by atoms with Gasteiger partial charge in [-0.15, -0.1) is 11.8 Å². The zero-order valence-electron chi connectivity index (χ0n) is 9.71. The van der Waals surface area contributed by atoms with Crippen LogP contribution in [0.15, 0.2) is 6.33 Å². The number of nitrogen functional groups attached to an aromatic ring is 1. The molecule has 0 aliphatic carbocycles. The van der Waals surface area contributed by atoms with E-state index in [4.69, 9.17) is 23.1 Å². The molecule has 0 radical (unpaired) electrons. The summed E-state index contributed by atoms with van der Waals surface area (Å²) < 4.78 is 0.532. The summed E-state index contributed by atoms with van der Waals surface area (Å²) in [5, 5.41) is 11.2. The predicted molar refractivity (Wildman–Crippen MR) is 75.4 cm³/mol. The van der Waals surface area contributed by atoms with E-state index in [2.05, 4.69) is 25.3 Å².